The third-order valence-electron chi connectivity index (χ3n) is 1.31. The molecule has 3 nitrogen and oxygen atoms in total. The molecule has 0 aliphatic carbocycles. The molecule has 0 atom stereocenters. The lowest BCUT2D eigenvalue weighted by Gasteiger charge is -1.93. The standard InChI is InChI=1S/C8H8N3/c1-7(10-11-9)8-5-3-2-4-6-8/h2-6,10H,1H2/q+1. The molecule has 0 unspecified atom stereocenters. The minimum absolute atomic E-state index is 0.577. The number of diazo groups is 1. The molecule has 1 aromatic carbocycles. The number of hydrogen-bond donors (Lipinski definition) is 1. The van der Waals surface area contributed by atoms with Crippen molar-refractivity contribution in [2.24, 2.45) is 0 Å². The largest absolute Gasteiger partial charge is 0.308 e. The second-order valence-electron chi connectivity index (χ2n) is 2.06. The van der Waals surface area contributed by atoms with Crippen LogP contribution in [0.5, 0.6) is 0 Å². The van der Waals surface area contributed by atoms with Crippen LogP contribution in [0.25, 0.3) is 10.8 Å². The van der Waals surface area contributed by atoms with Gasteiger partial charge < -0.3 is 0 Å². The van der Waals surface area contributed by atoms with E-state index in [0.29, 0.717) is 5.70 Å². The topological polar surface area (TPSA) is 40.2 Å². The number of benzene rings is 1. The third kappa shape index (κ3) is 1.80. The van der Waals surface area contributed by atoms with Crippen molar-refractivity contribution in [3.8, 4) is 0 Å². The van der Waals surface area contributed by atoms with Crippen LogP contribution in [0.1, 0.15) is 5.56 Å². The van der Waals surface area contributed by atoms with E-state index in [2.05, 4.69) is 17.1 Å². The maximum atomic E-state index is 8.15. The molecule has 3 heteroatoms. The highest BCUT2D eigenvalue weighted by molar-refractivity contribution is 5.61. The highest BCUT2D eigenvalue weighted by atomic mass is 15.3. The molecular weight excluding hydrogens is 138 g/mol. The Morgan fingerprint density at radius 1 is 1.36 bits per heavy atom. The summed E-state index contributed by atoms with van der Waals surface area (Å²) in [4.78, 5) is 0. The molecule has 0 aliphatic heterocycles. The van der Waals surface area contributed by atoms with E-state index in [-0.39, 0.29) is 0 Å². The summed E-state index contributed by atoms with van der Waals surface area (Å²) in [7, 11) is 0. The summed E-state index contributed by atoms with van der Waals surface area (Å²) in [5.74, 6) is 0. The van der Waals surface area contributed by atoms with Crippen LogP contribution in [0.3, 0.4) is 0 Å². The minimum Gasteiger partial charge on any atom is -0.0680 e. The van der Waals surface area contributed by atoms with Gasteiger partial charge in [-0.2, -0.15) is 0 Å². The summed E-state index contributed by atoms with van der Waals surface area (Å²) in [6.07, 6.45) is 0. The summed E-state index contributed by atoms with van der Waals surface area (Å²) in [6, 6.07) is 9.44. The fraction of sp³-hybridized carbons (Fsp3) is 0. The molecule has 0 fully saturated rings. The van der Waals surface area contributed by atoms with Gasteiger partial charge in [-0.25, -0.2) is 0 Å². The highest BCUT2D eigenvalue weighted by Crippen LogP contribution is 2.07. The Morgan fingerprint density at radius 3 is 2.55 bits per heavy atom. The second kappa shape index (κ2) is 3.37. The van der Waals surface area contributed by atoms with Crippen molar-refractivity contribution in [1.82, 2.24) is 5.43 Å². The number of hydrogen-bond acceptors (Lipinski definition) is 2. The molecule has 1 aromatic rings. The molecule has 11 heavy (non-hydrogen) atoms. The van der Waals surface area contributed by atoms with Gasteiger partial charge in [0.15, 0.2) is 0 Å². The first kappa shape index (κ1) is 7.29. The first-order chi connectivity index (χ1) is 5.34. The minimum atomic E-state index is 0.577. The fourth-order valence-electron chi connectivity index (χ4n) is 0.764. The molecule has 0 radical (unpaired) electrons. The molecule has 1 N–H and O–H groups in total. The normalized spacial score (nSPS) is 8.27. The van der Waals surface area contributed by atoms with E-state index in [4.69, 9.17) is 5.39 Å². The molecule has 0 saturated carbocycles. The molecule has 0 heterocycles. The lowest BCUT2D eigenvalue weighted by atomic mass is 10.2. The number of nitrogens with one attached hydrogen (secondary N) is 1. The molecule has 0 saturated heterocycles. The van der Waals surface area contributed by atoms with Crippen LogP contribution in [-0.2, 0) is 0 Å². The Balaban J connectivity index is 2.79. The highest BCUT2D eigenvalue weighted by Gasteiger charge is 2.00. The Hall–Kier alpha value is -1.82. The van der Waals surface area contributed by atoms with Gasteiger partial charge in [0.05, 0.1) is 0 Å². The van der Waals surface area contributed by atoms with Crippen molar-refractivity contribution in [1.29, 1.82) is 5.39 Å². The van der Waals surface area contributed by atoms with Crippen molar-refractivity contribution in [3.05, 3.63) is 47.6 Å². The van der Waals surface area contributed by atoms with Crippen molar-refractivity contribution in [2.45, 2.75) is 0 Å². The van der Waals surface area contributed by atoms with Gasteiger partial charge in [0, 0.05) is 5.56 Å². The lowest BCUT2D eigenvalue weighted by molar-refractivity contribution is 1.14. The molecule has 0 bridgehead atoms. The van der Waals surface area contributed by atoms with E-state index in [1.54, 1.807) is 0 Å². The van der Waals surface area contributed by atoms with Crippen LogP contribution in [-0.4, -0.2) is 0 Å². The van der Waals surface area contributed by atoms with E-state index >= 15 is 0 Å². The van der Waals surface area contributed by atoms with E-state index < -0.39 is 0 Å². The van der Waals surface area contributed by atoms with Crippen molar-refractivity contribution in [3.63, 3.8) is 0 Å². The molecular formula is C8H8N3+. The van der Waals surface area contributed by atoms with E-state index in [9.17, 15) is 0 Å². The summed E-state index contributed by atoms with van der Waals surface area (Å²) >= 11 is 0. The first-order valence-electron chi connectivity index (χ1n) is 3.19. The second-order valence-corrected chi connectivity index (χ2v) is 2.06. The predicted molar refractivity (Wildman–Crippen MR) is 43.7 cm³/mol. The molecule has 0 amide bonds. The van der Waals surface area contributed by atoms with Crippen LogP contribution >= 0.6 is 0 Å². The van der Waals surface area contributed by atoms with Crippen molar-refractivity contribution in [2.75, 3.05) is 0 Å². The molecule has 54 valence electrons. The van der Waals surface area contributed by atoms with Gasteiger partial charge >= 0.3 is 5.08 Å². The predicted octanol–water partition coefficient (Wildman–Crippen LogP) is 2.01. The molecule has 0 aliphatic rings. The van der Waals surface area contributed by atoms with Gasteiger partial charge in [-0.1, -0.05) is 36.9 Å². The Labute approximate surface area is 65.0 Å². The fourth-order valence-corrected chi connectivity index (χ4v) is 0.764. The van der Waals surface area contributed by atoms with Gasteiger partial charge in [-0.05, 0) is 5.43 Å². The smallest absolute Gasteiger partial charge is 0.0680 e. The summed E-state index contributed by atoms with van der Waals surface area (Å²) < 4.78 is 0. The molecule has 0 spiro atoms. The lowest BCUT2D eigenvalue weighted by Crippen LogP contribution is -1.98. The van der Waals surface area contributed by atoms with Crippen molar-refractivity contribution >= 4 is 5.70 Å². The average Bonchev–Trinajstić information content (AvgIpc) is 2.07. The quantitative estimate of drug-likeness (QED) is 0.512. The Morgan fingerprint density at radius 2 is 2.00 bits per heavy atom. The van der Waals surface area contributed by atoms with E-state index in [0.717, 1.165) is 5.56 Å². The van der Waals surface area contributed by atoms with Gasteiger partial charge in [0.25, 0.3) is 5.39 Å². The summed E-state index contributed by atoms with van der Waals surface area (Å²) in [5, 5.41) is 10.9. The SMILES string of the molecule is C=C(N[N+]#N)c1ccccc1. The maximum absolute atomic E-state index is 8.15. The summed E-state index contributed by atoms with van der Waals surface area (Å²) in [5.41, 5.74) is 3.83. The van der Waals surface area contributed by atoms with Crippen molar-refractivity contribution < 1.29 is 0 Å². The van der Waals surface area contributed by atoms with E-state index in [1.165, 1.54) is 0 Å². The van der Waals surface area contributed by atoms with Gasteiger partial charge in [-0.3, -0.25) is 0 Å². The molecule has 1 rings (SSSR count). The Kier molecular flexibility index (Phi) is 2.24. The zero-order valence-corrected chi connectivity index (χ0v) is 5.99. The monoisotopic (exact) mass is 146 g/mol. The van der Waals surface area contributed by atoms with Crippen LogP contribution in [0.15, 0.2) is 36.9 Å². The van der Waals surface area contributed by atoms with Crippen LogP contribution in [0.2, 0.25) is 0 Å². The van der Waals surface area contributed by atoms with Crippen LogP contribution in [0, 0.1) is 5.39 Å². The maximum Gasteiger partial charge on any atom is 0.308 e. The number of rotatable bonds is 2. The molecule has 0 aromatic heterocycles. The van der Waals surface area contributed by atoms with Gasteiger partial charge in [0.2, 0.25) is 0 Å². The zero-order valence-electron chi connectivity index (χ0n) is 5.99. The van der Waals surface area contributed by atoms with E-state index in [1.807, 2.05) is 30.3 Å². The third-order valence-corrected chi connectivity index (χ3v) is 1.31. The van der Waals surface area contributed by atoms with Gasteiger partial charge in [0.1, 0.15) is 5.70 Å². The van der Waals surface area contributed by atoms with Crippen LogP contribution in [0.4, 0.5) is 0 Å². The number of nitrogens with zero attached hydrogens (tertiary/aromatic N) is 2. The average molecular weight is 146 g/mol. The summed E-state index contributed by atoms with van der Waals surface area (Å²) in [6.45, 7) is 3.65. The van der Waals surface area contributed by atoms with Gasteiger partial charge in [-0.15, -0.1) is 0 Å². The zero-order chi connectivity index (χ0) is 8.10. The first-order valence-corrected chi connectivity index (χ1v) is 3.19. The Bertz CT molecular complexity index is 284. The van der Waals surface area contributed by atoms with Crippen LogP contribution < -0.4 is 5.43 Å².